The first kappa shape index (κ1) is 13.2. The molecule has 0 aliphatic carbocycles. The molecule has 1 atom stereocenters. The largest absolute Gasteiger partial charge is 0.384 e. The lowest BCUT2D eigenvalue weighted by molar-refractivity contribution is -0.117. The topological polar surface area (TPSA) is 84.2 Å². The third-order valence-corrected chi connectivity index (χ3v) is 3.56. The molecule has 0 saturated heterocycles. The van der Waals surface area contributed by atoms with Gasteiger partial charge in [0.2, 0.25) is 11.8 Å². The van der Waals surface area contributed by atoms with Crippen LogP contribution < -0.4 is 16.4 Å². The lowest BCUT2D eigenvalue weighted by atomic mass is 10.0. The van der Waals surface area contributed by atoms with Gasteiger partial charge in [0, 0.05) is 23.5 Å². The summed E-state index contributed by atoms with van der Waals surface area (Å²) in [6, 6.07) is 14.4. The van der Waals surface area contributed by atoms with Gasteiger partial charge in [-0.2, -0.15) is 0 Å². The molecule has 0 radical (unpaired) electrons. The molecule has 0 saturated carbocycles. The summed E-state index contributed by atoms with van der Waals surface area (Å²) in [4.78, 5) is 23.5. The van der Waals surface area contributed by atoms with Crippen LogP contribution in [0.4, 0.5) is 11.4 Å². The van der Waals surface area contributed by atoms with Crippen molar-refractivity contribution in [2.45, 2.75) is 5.92 Å². The third kappa shape index (κ3) is 2.58. The van der Waals surface area contributed by atoms with Crippen LogP contribution in [0, 0.1) is 0 Å². The molecular weight excluding hydrogens is 266 g/mol. The van der Waals surface area contributed by atoms with E-state index in [1.165, 1.54) is 0 Å². The Kier molecular flexibility index (Phi) is 3.31. The number of hydrogen-bond acceptors (Lipinski definition) is 3. The molecule has 1 heterocycles. The average Bonchev–Trinajstić information content (AvgIpc) is 2.91. The zero-order valence-electron chi connectivity index (χ0n) is 11.3. The molecule has 0 spiro atoms. The molecule has 2 aromatic rings. The van der Waals surface area contributed by atoms with E-state index in [4.69, 9.17) is 5.73 Å². The molecule has 4 N–H and O–H groups in total. The molecule has 21 heavy (non-hydrogen) atoms. The molecule has 5 nitrogen and oxygen atoms in total. The number of fused-ring (bicyclic) bond motifs is 1. The van der Waals surface area contributed by atoms with Gasteiger partial charge in [0.1, 0.15) is 0 Å². The van der Waals surface area contributed by atoms with Crippen LogP contribution in [0.3, 0.4) is 0 Å². The molecule has 1 aliphatic heterocycles. The summed E-state index contributed by atoms with van der Waals surface area (Å²) in [6.07, 6.45) is 0. The van der Waals surface area contributed by atoms with Gasteiger partial charge in [-0.3, -0.25) is 9.59 Å². The molecule has 0 aromatic heterocycles. The highest BCUT2D eigenvalue weighted by molar-refractivity contribution is 6.00. The fourth-order valence-corrected chi connectivity index (χ4v) is 2.50. The zero-order chi connectivity index (χ0) is 14.8. The molecule has 2 amide bonds. The molecule has 2 aromatic carbocycles. The zero-order valence-corrected chi connectivity index (χ0v) is 11.3. The summed E-state index contributed by atoms with van der Waals surface area (Å²) in [7, 11) is 0. The molecule has 3 rings (SSSR count). The first-order valence-corrected chi connectivity index (χ1v) is 6.68. The van der Waals surface area contributed by atoms with Gasteiger partial charge in [-0.15, -0.1) is 0 Å². The van der Waals surface area contributed by atoms with Crippen LogP contribution in [0.25, 0.3) is 0 Å². The number of benzene rings is 2. The van der Waals surface area contributed by atoms with E-state index in [0.29, 0.717) is 17.8 Å². The van der Waals surface area contributed by atoms with Crippen molar-refractivity contribution in [1.29, 1.82) is 0 Å². The predicted molar refractivity (Wildman–Crippen MR) is 81.3 cm³/mol. The van der Waals surface area contributed by atoms with E-state index in [1.54, 1.807) is 24.3 Å². The SMILES string of the molecule is NC(=O)c1cccc(NC(=O)C2CNc3ccccc32)c1. The van der Waals surface area contributed by atoms with Gasteiger partial charge >= 0.3 is 0 Å². The Morgan fingerprint density at radius 2 is 1.95 bits per heavy atom. The highest BCUT2D eigenvalue weighted by Gasteiger charge is 2.28. The monoisotopic (exact) mass is 281 g/mol. The van der Waals surface area contributed by atoms with Crippen LogP contribution >= 0.6 is 0 Å². The highest BCUT2D eigenvalue weighted by Crippen LogP contribution is 2.31. The van der Waals surface area contributed by atoms with Gasteiger partial charge < -0.3 is 16.4 Å². The van der Waals surface area contributed by atoms with Crippen LogP contribution in [0.5, 0.6) is 0 Å². The lowest BCUT2D eigenvalue weighted by Crippen LogP contribution is -2.22. The highest BCUT2D eigenvalue weighted by atomic mass is 16.2. The first-order valence-electron chi connectivity index (χ1n) is 6.68. The number of para-hydroxylation sites is 1. The van der Waals surface area contributed by atoms with Crippen LogP contribution in [-0.2, 0) is 4.79 Å². The fourth-order valence-electron chi connectivity index (χ4n) is 2.50. The van der Waals surface area contributed by atoms with Crippen LogP contribution in [0.15, 0.2) is 48.5 Å². The van der Waals surface area contributed by atoms with Gasteiger partial charge in [-0.1, -0.05) is 24.3 Å². The molecular formula is C16H15N3O2. The fraction of sp³-hybridized carbons (Fsp3) is 0.125. The van der Waals surface area contributed by atoms with Crippen LogP contribution in [0.1, 0.15) is 21.8 Å². The molecule has 0 fully saturated rings. The second-order valence-electron chi connectivity index (χ2n) is 4.96. The standard InChI is InChI=1S/C16H15N3O2/c17-15(20)10-4-3-5-11(8-10)19-16(21)13-9-18-14-7-2-1-6-12(13)14/h1-8,13,18H,9H2,(H2,17,20)(H,19,21). The molecule has 106 valence electrons. The molecule has 1 unspecified atom stereocenters. The quantitative estimate of drug-likeness (QED) is 0.803. The summed E-state index contributed by atoms with van der Waals surface area (Å²) in [6.45, 7) is 0.570. The number of hydrogen-bond donors (Lipinski definition) is 3. The minimum Gasteiger partial charge on any atom is -0.384 e. The minimum absolute atomic E-state index is 0.103. The van der Waals surface area contributed by atoms with Crippen molar-refractivity contribution in [3.05, 3.63) is 59.7 Å². The summed E-state index contributed by atoms with van der Waals surface area (Å²) in [5.41, 5.74) is 8.16. The minimum atomic E-state index is -0.515. The second kappa shape index (κ2) is 5.28. The van der Waals surface area contributed by atoms with Crippen molar-refractivity contribution >= 4 is 23.2 Å². The Bertz CT molecular complexity index is 712. The van der Waals surface area contributed by atoms with E-state index >= 15 is 0 Å². The van der Waals surface area contributed by atoms with Crippen molar-refractivity contribution in [3.63, 3.8) is 0 Å². The number of carbonyl (C=O) groups excluding carboxylic acids is 2. The van der Waals surface area contributed by atoms with E-state index < -0.39 is 5.91 Å². The summed E-state index contributed by atoms with van der Waals surface area (Å²) in [5.74, 6) is -0.855. The number of carbonyl (C=O) groups is 2. The number of primary amides is 1. The predicted octanol–water partition coefficient (Wildman–Crippen LogP) is 1.93. The van der Waals surface area contributed by atoms with Crippen LogP contribution in [-0.4, -0.2) is 18.4 Å². The maximum atomic E-state index is 12.4. The first-order chi connectivity index (χ1) is 10.1. The summed E-state index contributed by atoms with van der Waals surface area (Å²) >= 11 is 0. The summed E-state index contributed by atoms with van der Waals surface area (Å²) in [5, 5.41) is 6.04. The molecule has 1 aliphatic rings. The maximum absolute atomic E-state index is 12.4. The Morgan fingerprint density at radius 1 is 1.14 bits per heavy atom. The van der Waals surface area contributed by atoms with Crippen LogP contribution in [0.2, 0.25) is 0 Å². The number of anilines is 2. The Labute approximate surface area is 122 Å². The van der Waals surface area contributed by atoms with E-state index in [9.17, 15) is 9.59 Å². The Hall–Kier alpha value is -2.82. The van der Waals surface area contributed by atoms with E-state index in [2.05, 4.69) is 10.6 Å². The van der Waals surface area contributed by atoms with Crippen molar-refractivity contribution in [2.75, 3.05) is 17.2 Å². The van der Waals surface area contributed by atoms with E-state index in [0.717, 1.165) is 11.3 Å². The third-order valence-electron chi connectivity index (χ3n) is 3.56. The average molecular weight is 281 g/mol. The number of nitrogens with two attached hydrogens (primary N) is 1. The number of nitrogens with one attached hydrogen (secondary N) is 2. The van der Waals surface area contributed by atoms with Crippen molar-refractivity contribution in [1.82, 2.24) is 0 Å². The lowest BCUT2D eigenvalue weighted by Gasteiger charge is -2.11. The Balaban J connectivity index is 1.79. The number of rotatable bonds is 3. The van der Waals surface area contributed by atoms with E-state index in [-0.39, 0.29) is 11.8 Å². The molecule has 0 bridgehead atoms. The van der Waals surface area contributed by atoms with Crippen molar-refractivity contribution in [3.8, 4) is 0 Å². The maximum Gasteiger partial charge on any atom is 0.248 e. The van der Waals surface area contributed by atoms with Gasteiger partial charge in [0.05, 0.1) is 5.92 Å². The van der Waals surface area contributed by atoms with Crippen molar-refractivity contribution in [2.24, 2.45) is 5.73 Å². The van der Waals surface area contributed by atoms with Gasteiger partial charge in [0.25, 0.3) is 0 Å². The van der Waals surface area contributed by atoms with Crippen molar-refractivity contribution < 1.29 is 9.59 Å². The van der Waals surface area contributed by atoms with Gasteiger partial charge in [-0.25, -0.2) is 0 Å². The van der Waals surface area contributed by atoms with E-state index in [1.807, 2.05) is 24.3 Å². The second-order valence-corrected chi connectivity index (χ2v) is 4.96. The smallest absolute Gasteiger partial charge is 0.248 e. The number of amides is 2. The normalized spacial score (nSPS) is 15.9. The molecule has 5 heteroatoms. The Morgan fingerprint density at radius 3 is 2.76 bits per heavy atom. The summed E-state index contributed by atoms with van der Waals surface area (Å²) < 4.78 is 0. The van der Waals surface area contributed by atoms with Gasteiger partial charge in [-0.05, 0) is 29.8 Å². The van der Waals surface area contributed by atoms with Gasteiger partial charge in [0.15, 0.2) is 0 Å².